The summed E-state index contributed by atoms with van der Waals surface area (Å²) in [4.78, 5) is 26.2. The normalized spacial score (nSPS) is 22.5. The van der Waals surface area contributed by atoms with Crippen LogP contribution in [0, 0.1) is 0 Å². The molecule has 0 unspecified atom stereocenters. The molecule has 1 fully saturated rings. The Balaban J connectivity index is 2.94. The van der Waals surface area contributed by atoms with Crippen molar-refractivity contribution in [2.24, 2.45) is 0 Å². The van der Waals surface area contributed by atoms with Gasteiger partial charge in [0.1, 0.15) is 11.6 Å². The van der Waals surface area contributed by atoms with Crippen LogP contribution in [0.5, 0.6) is 0 Å². The molecule has 1 aliphatic rings. The monoisotopic (exact) mass is 373 g/mol. The number of hydrogen-bond acceptors (Lipinski definition) is 5. The largest absolute Gasteiger partial charge is 0.467 e. The quantitative estimate of drug-likeness (QED) is 0.553. The number of esters is 1. The zero-order chi connectivity index (χ0) is 19.6. The molecule has 0 aromatic heterocycles. The molecule has 7 heteroatoms. The molecule has 0 spiro atoms. The first-order valence-electron chi connectivity index (χ1n) is 8.93. The summed E-state index contributed by atoms with van der Waals surface area (Å²) in [6, 6.07) is -0.612. The summed E-state index contributed by atoms with van der Waals surface area (Å²) in [6.45, 7) is 16.7. The minimum absolute atomic E-state index is 0.0863. The Morgan fingerprint density at radius 1 is 1.04 bits per heavy atom. The first-order chi connectivity index (χ1) is 11.2. The van der Waals surface area contributed by atoms with Crippen LogP contribution in [0.3, 0.4) is 0 Å². The van der Waals surface area contributed by atoms with E-state index >= 15 is 0 Å². The maximum absolute atomic E-state index is 12.6. The fourth-order valence-corrected chi connectivity index (χ4v) is 3.91. The average Bonchev–Trinajstić information content (AvgIpc) is 2.43. The van der Waals surface area contributed by atoms with Crippen molar-refractivity contribution in [1.82, 2.24) is 4.90 Å². The molecule has 0 radical (unpaired) electrons. The Labute approximate surface area is 153 Å². The van der Waals surface area contributed by atoms with Crippen molar-refractivity contribution in [2.75, 3.05) is 13.7 Å². The summed E-state index contributed by atoms with van der Waals surface area (Å²) in [5.74, 6) is -0.406. The van der Waals surface area contributed by atoms with E-state index in [1.54, 1.807) is 0 Å². The van der Waals surface area contributed by atoms with E-state index in [9.17, 15) is 9.59 Å². The van der Waals surface area contributed by atoms with Crippen LogP contribution in [0.1, 0.15) is 54.4 Å². The summed E-state index contributed by atoms with van der Waals surface area (Å²) in [6.07, 6.45) is 0.664. The van der Waals surface area contributed by atoms with Crippen LogP contribution in [-0.4, -0.2) is 56.7 Å². The number of methoxy groups -OCH3 is 1. The van der Waals surface area contributed by atoms with Crippen LogP contribution in [-0.2, 0) is 18.7 Å². The van der Waals surface area contributed by atoms with Crippen molar-refractivity contribution >= 4 is 20.4 Å². The second kappa shape index (κ2) is 7.66. The molecule has 0 bridgehead atoms. The fourth-order valence-electron chi connectivity index (χ4n) is 2.53. The van der Waals surface area contributed by atoms with Crippen LogP contribution in [0.15, 0.2) is 0 Å². The van der Waals surface area contributed by atoms with Crippen LogP contribution in [0.2, 0.25) is 18.1 Å². The lowest BCUT2D eigenvalue weighted by molar-refractivity contribution is -0.149. The van der Waals surface area contributed by atoms with Crippen LogP contribution in [0.25, 0.3) is 0 Å². The number of hydrogen-bond donors (Lipinski definition) is 0. The highest BCUT2D eigenvalue weighted by Gasteiger charge is 2.44. The van der Waals surface area contributed by atoms with Crippen molar-refractivity contribution < 1.29 is 23.5 Å². The van der Waals surface area contributed by atoms with E-state index in [0.717, 1.165) is 6.42 Å². The summed E-state index contributed by atoms with van der Waals surface area (Å²) >= 11 is 0. The minimum atomic E-state index is -1.96. The van der Waals surface area contributed by atoms with Gasteiger partial charge in [-0.3, -0.25) is 4.90 Å². The van der Waals surface area contributed by atoms with Crippen molar-refractivity contribution in [3.63, 3.8) is 0 Å². The third-order valence-electron chi connectivity index (χ3n) is 4.91. The molecule has 0 aromatic carbocycles. The molecular weight excluding hydrogens is 338 g/mol. The fraction of sp³-hybridized carbons (Fsp3) is 0.889. The molecule has 6 nitrogen and oxygen atoms in total. The van der Waals surface area contributed by atoms with Crippen molar-refractivity contribution in [3.8, 4) is 0 Å². The molecule has 1 rings (SSSR count). The maximum atomic E-state index is 12.6. The SMILES string of the molecule is COC(=O)[C@H]1CC[C@@H](O[Si](C)(C)C(C)(C)C)CN1C(=O)OC(C)(C)C. The van der Waals surface area contributed by atoms with Gasteiger partial charge >= 0.3 is 12.1 Å². The molecule has 1 saturated heterocycles. The van der Waals surface area contributed by atoms with Gasteiger partial charge < -0.3 is 13.9 Å². The summed E-state index contributed by atoms with van der Waals surface area (Å²) < 4.78 is 16.8. The van der Waals surface area contributed by atoms with Gasteiger partial charge in [0.25, 0.3) is 0 Å². The van der Waals surface area contributed by atoms with Crippen molar-refractivity contribution in [3.05, 3.63) is 0 Å². The molecule has 1 heterocycles. The lowest BCUT2D eigenvalue weighted by atomic mass is 10.0. The topological polar surface area (TPSA) is 65.1 Å². The van der Waals surface area contributed by atoms with E-state index in [4.69, 9.17) is 13.9 Å². The molecule has 25 heavy (non-hydrogen) atoms. The number of likely N-dealkylation sites (tertiary alicyclic amines) is 1. The van der Waals surface area contributed by atoms with E-state index < -0.39 is 32.0 Å². The number of carbonyl (C=O) groups is 2. The second-order valence-corrected chi connectivity index (χ2v) is 14.0. The Hall–Kier alpha value is -1.08. The summed E-state index contributed by atoms with van der Waals surface area (Å²) in [5, 5.41) is 0.0863. The van der Waals surface area contributed by atoms with Crippen molar-refractivity contribution in [2.45, 2.75) is 90.3 Å². The van der Waals surface area contributed by atoms with Gasteiger partial charge in [-0.1, -0.05) is 20.8 Å². The predicted octanol–water partition coefficient (Wildman–Crippen LogP) is 3.95. The first-order valence-corrected chi connectivity index (χ1v) is 11.8. The standard InChI is InChI=1S/C18H35NO5Si/c1-17(2,3)23-16(21)19-12-13(10-11-14(19)15(20)22-7)24-25(8,9)18(4,5)6/h13-14H,10-12H2,1-9H3/t13-,14-/m1/s1. The smallest absolute Gasteiger partial charge is 0.411 e. The molecule has 1 amide bonds. The van der Waals surface area contributed by atoms with Crippen LogP contribution < -0.4 is 0 Å². The third kappa shape index (κ3) is 5.99. The highest BCUT2D eigenvalue weighted by Crippen LogP contribution is 2.38. The Morgan fingerprint density at radius 3 is 2.04 bits per heavy atom. The highest BCUT2D eigenvalue weighted by molar-refractivity contribution is 6.74. The second-order valence-electron chi connectivity index (χ2n) is 9.25. The summed E-state index contributed by atoms with van der Waals surface area (Å²) in [7, 11) is -0.615. The molecule has 2 atom stereocenters. The Bertz CT molecular complexity index is 493. The van der Waals surface area contributed by atoms with Crippen LogP contribution in [0.4, 0.5) is 4.79 Å². The van der Waals surface area contributed by atoms with Crippen LogP contribution >= 0.6 is 0 Å². The molecule has 0 aromatic rings. The number of rotatable bonds is 3. The average molecular weight is 374 g/mol. The van der Waals surface area contributed by atoms with Gasteiger partial charge in [0.05, 0.1) is 13.2 Å². The number of nitrogens with zero attached hydrogens (tertiary/aromatic N) is 1. The lowest BCUT2D eigenvalue weighted by Gasteiger charge is -2.44. The highest BCUT2D eigenvalue weighted by atomic mass is 28.4. The van der Waals surface area contributed by atoms with Gasteiger partial charge in [-0.2, -0.15) is 0 Å². The van der Waals surface area contributed by atoms with E-state index in [1.807, 2.05) is 20.8 Å². The molecule has 0 aliphatic carbocycles. The molecule has 0 saturated carbocycles. The van der Waals surface area contributed by atoms with Gasteiger partial charge in [-0.15, -0.1) is 0 Å². The zero-order valence-corrected chi connectivity index (χ0v) is 18.3. The number of amides is 1. The van der Waals surface area contributed by atoms with E-state index in [0.29, 0.717) is 13.0 Å². The number of ether oxygens (including phenoxy) is 2. The summed E-state index contributed by atoms with van der Waals surface area (Å²) in [5.41, 5.74) is -0.620. The Kier molecular flexibility index (Phi) is 6.73. The van der Waals surface area contributed by atoms with Gasteiger partial charge in [-0.25, -0.2) is 9.59 Å². The van der Waals surface area contributed by atoms with Gasteiger partial charge in [0.2, 0.25) is 0 Å². The molecule has 0 N–H and O–H groups in total. The van der Waals surface area contributed by atoms with Crippen molar-refractivity contribution in [1.29, 1.82) is 0 Å². The van der Waals surface area contributed by atoms with Gasteiger partial charge in [0, 0.05) is 6.54 Å². The zero-order valence-electron chi connectivity index (χ0n) is 17.3. The Morgan fingerprint density at radius 2 is 1.60 bits per heavy atom. The van der Waals surface area contributed by atoms with E-state index in [2.05, 4.69) is 33.9 Å². The molecule has 146 valence electrons. The molecular formula is C18H35NO5Si. The maximum Gasteiger partial charge on any atom is 0.411 e. The predicted molar refractivity (Wildman–Crippen MR) is 100 cm³/mol. The van der Waals surface area contributed by atoms with Gasteiger partial charge in [-0.05, 0) is 51.7 Å². The first kappa shape index (κ1) is 22.0. The van der Waals surface area contributed by atoms with E-state index in [1.165, 1.54) is 12.0 Å². The number of piperidine rings is 1. The van der Waals surface area contributed by atoms with E-state index in [-0.39, 0.29) is 11.1 Å². The molecule has 1 aliphatic heterocycles. The lowest BCUT2D eigenvalue weighted by Crippen LogP contribution is -2.56. The van der Waals surface area contributed by atoms with Gasteiger partial charge in [0.15, 0.2) is 8.32 Å². The third-order valence-corrected chi connectivity index (χ3v) is 9.44. The minimum Gasteiger partial charge on any atom is -0.467 e. The number of carbonyl (C=O) groups excluding carboxylic acids is 2.